The van der Waals surface area contributed by atoms with Crippen LogP contribution in [0.3, 0.4) is 0 Å². The highest BCUT2D eigenvalue weighted by Gasteiger charge is 2.31. The highest BCUT2D eigenvalue weighted by molar-refractivity contribution is 8.00. The summed E-state index contributed by atoms with van der Waals surface area (Å²) in [6, 6.07) is 117. The van der Waals surface area contributed by atoms with Crippen LogP contribution in [0.25, 0.3) is 54.9 Å². The highest BCUT2D eigenvalue weighted by Crippen LogP contribution is 2.57. The van der Waals surface area contributed by atoms with Gasteiger partial charge in [-0.1, -0.05) is 259 Å². The molecule has 0 amide bonds. The zero-order valence-corrected chi connectivity index (χ0v) is 55.3. The Morgan fingerprint density at radius 2 is 0.564 bits per heavy atom. The Bertz CT molecular complexity index is 4810. The molecule has 0 saturated heterocycles. The molecule has 2 heterocycles. The molecule has 6 heteroatoms. The minimum atomic E-state index is 0.0133. The van der Waals surface area contributed by atoms with Crippen LogP contribution < -0.4 is 19.6 Å². The molecule has 0 spiro atoms. The Kier molecular flexibility index (Phi) is 14.9. The summed E-state index contributed by atoms with van der Waals surface area (Å²) in [5.74, 6) is 0. The molecule has 2 aliphatic heterocycles. The molecular formula is C88H70N4S2. The van der Waals surface area contributed by atoms with E-state index >= 15 is 0 Å². The van der Waals surface area contributed by atoms with E-state index in [2.05, 4.69) is 377 Å². The first-order valence-corrected chi connectivity index (χ1v) is 34.1. The van der Waals surface area contributed by atoms with Gasteiger partial charge in [0.1, 0.15) is 0 Å². The van der Waals surface area contributed by atoms with Gasteiger partial charge in [-0.25, -0.2) is 0 Å². The maximum absolute atomic E-state index is 2.47. The van der Waals surface area contributed by atoms with Gasteiger partial charge in [0, 0.05) is 64.5 Å². The maximum atomic E-state index is 2.47. The van der Waals surface area contributed by atoms with Crippen LogP contribution in [0.1, 0.15) is 52.7 Å². The Labute approximate surface area is 561 Å². The molecule has 0 N–H and O–H groups in total. The van der Waals surface area contributed by atoms with Gasteiger partial charge >= 0.3 is 0 Å². The van der Waals surface area contributed by atoms with E-state index in [4.69, 9.17) is 0 Å². The van der Waals surface area contributed by atoms with Crippen molar-refractivity contribution in [3.63, 3.8) is 0 Å². The predicted molar refractivity (Wildman–Crippen MR) is 402 cm³/mol. The Balaban J connectivity index is 0.813. The van der Waals surface area contributed by atoms with Gasteiger partial charge < -0.3 is 19.6 Å². The molecule has 4 nitrogen and oxygen atoms in total. The Morgan fingerprint density at radius 1 is 0.255 bits per heavy atom. The van der Waals surface area contributed by atoms with E-state index in [0.717, 1.165) is 79.4 Å². The third-order valence-electron chi connectivity index (χ3n) is 18.5. The van der Waals surface area contributed by atoms with Crippen molar-refractivity contribution in [1.29, 1.82) is 0 Å². The van der Waals surface area contributed by atoms with E-state index in [1.165, 1.54) is 74.5 Å². The fourth-order valence-corrected chi connectivity index (χ4v) is 15.8. The highest BCUT2D eigenvalue weighted by atomic mass is 32.2. The lowest BCUT2D eigenvalue weighted by Gasteiger charge is -2.35. The fraction of sp³-hybridized carbons (Fsp3) is 0.0909. The molecule has 0 aliphatic carbocycles. The topological polar surface area (TPSA) is 13.0 Å². The van der Waals surface area contributed by atoms with E-state index in [-0.39, 0.29) is 10.8 Å². The third kappa shape index (κ3) is 11.0. The Hall–Kier alpha value is -10.5. The van der Waals surface area contributed by atoms with Crippen LogP contribution in [0.15, 0.2) is 335 Å². The smallest absolute Gasteiger partial charge is 0.0603 e. The molecule has 0 unspecified atom stereocenters. The van der Waals surface area contributed by atoms with Gasteiger partial charge in [0.05, 0.1) is 34.1 Å². The van der Waals surface area contributed by atoms with E-state index in [1.54, 1.807) is 0 Å². The van der Waals surface area contributed by atoms with Gasteiger partial charge in [0.2, 0.25) is 0 Å². The molecule has 0 bridgehead atoms. The molecule has 14 aromatic rings. The molecule has 0 saturated carbocycles. The SMILES string of the molecule is CC(C)(C)c1ccc(N2c3ccc(-c4ccc5c(c4)Sc4cc(N(c6ccc(-c7ccccc7)cc6)c6cccc7ccccc67)ccc4N5c4ccc(C(C)(C)C)cc4)cc3Sc3cc(N(c4ccc(-c5ccccc5)cc4)c4cccc5ccccc45)ccc32)cc1. The Morgan fingerprint density at radius 3 is 0.947 bits per heavy atom. The van der Waals surface area contributed by atoms with Crippen molar-refractivity contribution in [1.82, 2.24) is 0 Å². The normalized spacial score (nSPS) is 12.7. The number of anilines is 12. The van der Waals surface area contributed by atoms with Crippen LogP contribution in [0.2, 0.25) is 0 Å². The summed E-state index contributed by atoms with van der Waals surface area (Å²) in [5, 5.41) is 4.79. The summed E-state index contributed by atoms with van der Waals surface area (Å²) in [5.41, 5.74) is 23.2. The summed E-state index contributed by atoms with van der Waals surface area (Å²) in [6.07, 6.45) is 0. The van der Waals surface area contributed by atoms with Gasteiger partial charge in [-0.3, -0.25) is 0 Å². The van der Waals surface area contributed by atoms with Crippen LogP contribution in [0, 0.1) is 0 Å². The monoisotopic (exact) mass is 1250 g/mol. The average Bonchev–Trinajstić information content (AvgIpc) is 0.753. The standard InChI is InChI=1S/C88H70N4S2/c1-87(2,3)67-37-45-71(46-38-67)91-79-51-35-65(55-83(79)93-85-57-73(49-53-81(85)91)89(77-29-17-25-63-23-13-15-27-75(63)77)69-41-31-61(32-42-69)59-19-9-7-10-20-59)66-36-52-80-84(56-66)94-86-58-74(50-54-82(86)92(80)72-47-39-68(40-48-72)88(4,5)6)90(78-30-18-26-64-24-14-16-28-76(64)78)70-43-33-62(34-44-70)60-21-11-8-12-22-60/h7-58H,1-6H3. The minimum Gasteiger partial charge on any atom is -0.310 e. The molecule has 0 fully saturated rings. The molecule has 2 aliphatic rings. The second-order valence-corrected chi connectivity index (χ2v) is 28.8. The van der Waals surface area contributed by atoms with Gasteiger partial charge in [-0.2, -0.15) is 0 Å². The molecule has 94 heavy (non-hydrogen) atoms. The molecule has 0 radical (unpaired) electrons. The molecule has 0 aromatic heterocycles. The minimum absolute atomic E-state index is 0.0133. The summed E-state index contributed by atoms with van der Waals surface area (Å²) in [7, 11) is 0. The maximum Gasteiger partial charge on any atom is 0.0603 e. The number of nitrogens with zero attached hydrogens (tertiary/aromatic N) is 4. The lowest BCUT2D eigenvalue weighted by molar-refractivity contribution is 0.590. The van der Waals surface area contributed by atoms with Gasteiger partial charge in [0.15, 0.2) is 0 Å². The molecule has 0 atom stereocenters. The zero-order valence-electron chi connectivity index (χ0n) is 53.6. The van der Waals surface area contributed by atoms with E-state index in [0.29, 0.717) is 0 Å². The summed E-state index contributed by atoms with van der Waals surface area (Å²) in [6.45, 7) is 13.7. The van der Waals surface area contributed by atoms with Crippen molar-refractivity contribution in [3.05, 3.63) is 327 Å². The van der Waals surface area contributed by atoms with Gasteiger partial charge in [-0.05, 0) is 187 Å². The summed E-state index contributed by atoms with van der Waals surface area (Å²) >= 11 is 3.71. The quantitative estimate of drug-likeness (QED) is 0.127. The molecule has 454 valence electrons. The largest absolute Gasteiger partial charge is 0.310 e. The van der Waals surface area contributed by atoms with Crippen molar-refractivity contribution in [2.24, 2.45) is 0 Å². The first-order valence-electron chi connectivity index (χ1n) is 32.5. The fourth-order valence-electron chi connectivity index (χ4n) is 13.5. The second kappa shape index (κ2) is 23.9. The van der Waals surface area contributed by atoms with E-state index in [9.17, 15) is 0 Å². The number of rotatable bonds is 11. The lowest BCUT2D eigenvalue weighted by Crippen LogP contribution is -2.17. The number of hydrogen-bond donors (Lipinski definition) is 0. The number of hydrogen-bond acceptors (Lipinski definition) is 6. The van der Waals surface area contributed by atoms with Crippen LogP contribution in [-0.2, 0) is 10.8 Å². The summed E-state index contributed by atoms with van der Waals surface area (Å²) in [4.78, 5) is 14.6. The van der Waals surface area contributed by atoms with Crippen LogP contribution in [-0.4, -0.2) is 0 Å². The predicted octanol–water partition coefficient (Wildman–Crippen LogP) is 26.4. The molecular weight excluding hydrogens is 1180 g/mol. The van der Waals surface area contributed by atoms with Crippen molar-refractivity contribution in [2.75, 3.05) is 19.6 Å². The molecule has 16 rings (SSSR count). The first-order chi connectivity index (χ1) is 45.8. The van der Waals surface area contributed by atoms with E-state index < -0.39 is 0 Å². The summed E-state index contributed by atoms with van der Waals surface area (Å²) < 4.78 is 0. The van der Waals surface area contributed by atoms with Crippen molar-refractivity contribution in [3.8, 4) is 33.4 Å². The number of benzene rings is 14. The van der Waals surface area contributed by atoms with Crippen molar-refractivity contribution in [2.45, 2.75) is 72.0 Å². The third-order valence-corrected chi connectivity index (χ3v) is 20.7. The zero-order chi connectivity index (χ0) is 63.7. The van der Waals surface area contributed by atoms with Crippen LogP contribution >= 0.6 is 23.5 Å². The second-order valence-electron chi connectivity index (χ2n) is 26.6. The number of fused-ring (bicyclic) bond motifs is 6. The first kappa shape index (κ1) is 58.6. The lowest BCUT2D eigenvalue weighted by atomic mass is 9.87. The van der Waals surface area contributed by atoms with Gasteiger partial charge in [-0.15, -0.1) is 0 Å². The van der Waals surface area contributed by atoms with Crippen LogP contribution in [0.4, 0.5) is 68.2 Å². The van der Waals surface area contributed by atoms with Crippen molar-refractivity contribution >= 4 is 113 Å². The van der Waals surface area contributed by atoms with E-state index in [1.807, 2.05) is 23.5 Å². The van der Waals surface area contributed by atoms with Gasteiger partial charge in [0.25, 0.3) is 0 Å². The average molecular weight is 1250 g/mol. The van der Waals surface area contributed by atoms with Crippen LogP contribution in [0.5, 0.6) is 0 Å². The molecule has 14 aromatic carbocycles. The van der Waals surface area contributed by atoms with Crippen molar-refractivity contribution < 1.29 is 0 Å².